The maximum absolute atomic E-state index is 10.9. The number of carbonyl (C=O) groups excluding carboxylic acids is 2. The molecule has 0 heterocycles. The van der Waals surface area contributed by atoms with Crippen LogP contribution in [0.2, 0.25) is 0 Å². The molecule has 56 valence electrons. The zero-order chi connectivity index (χ0) is 7.98. The van der Waals surface area contributed by atoms with Crippen LogP contribution in [0.25, 0.3) is 0 Å². The molecule has 1 unspecified atom stereocenters. The van der Waals surface area contributed by atoms with Crippen LogP contribution in [0.3, 0.4) is 0 Å². The van der Waals surface area contributed by atoms with Gasteiger partial charge in [-0.05, 0) is 6.42 Å². The number of carbonyl (C=O) groups is 1. The molecule has 0 spiro atoms. The van der Waals surface area contributed by atoms with Gasteiger partial charge < -0.3 is 0 Å². The summed E-state index contributed by atoms with van der Waals surface area (Å²) in [6.45, 7) is 3.65. The van der Waals surface area contributed by atoms with E-state index < -0.39 is 0 Å². The summed E-state index contributed by atoms with van der Waals surface area (Å²) in [5.41, 5.74) is 0. The van der Waals surface area contributed by atoms with Crippen LogP contribution >= 0.6 is 0 Å². The van der Waals surface area contributed by atoms with E-state index in [4.69, 9.17) is 0 Å². The Morgan fingerprint density at radius 2 is 2.30 bits per heavy atom. The molecule has 0 radical (unpaired) electrons. The first-order chi connectivity index (χ1) is 4.72. The van der Waals surface area contributed by atoms with Crippen LogP contribution in [-0.2, 0) is 9.59 Å². The Balaban J connectivity index is 3.81. The van der Waals surface area contributed by atoms with Gasteiger partial charge in [-0.3, -0.25) is 4.79 Å². The summed E-state index contributed by atoms with van der Waals surface area (Å²) in [5, 5.41) is 0. The third kappa shape index (κ3) is 3.21. The van der Waals surface area contributed by atoms with Crippen LogP contribution < -0.4 is 0 Å². The second kappa shape index (κ2) is 4.95. The van der Waals surface area contributed by atoms with Crippen molar-refractivity contribution in [3.8, 4) is 0 Å². The third-order valence-corrected chi connectivity index (χ3v) is 1.32. The van der Waals surface area contributed by atoms with E-state index in [1.807, 2.05) is 6.92 Å². The fourth-order valence-corrected chi connectivity index (χ4v) is 0.669. The molecular formula is C8H12O2. The molecule has 0 aromatic heterocycles. The lowest BCUT2D eigenvalue weighted by Crippen LogP contribution is -2.07. The first-order valence-corrected chi connectivity index (χ1v) is 3.46. The highest BCUT2D eigenvalue weighted by atomic mass is 16.1. The monoisotopic (exact) mass is 140 g/mol. The minimum Gasteiger partial charge on any atom is -0.299 e. The molecule has 2 heteroatoms. The Morgan fingerprint density at radius 3 is 2.70 bits per heavy atom. The highest BCUT2D eigenvalue weighted by molar-refractivity contribution is 5.83. The Morgan fingerprint density at radius 1 is 1.70 bits per heavy atom. The molecule has 1 atom stereocenters. The summed E-state index contributed by atoms with van der Waals surface area (Å²) in [6.07, 6.45) is 2.66. The molecule has 0 saturated carbocycles. The summed E-state index contributed by atoms with van der Waals surface area (Å²) >= 11 is 0. The van der Waals surface area contributed by atoms with Crippen molar-refractivity contribution in [1.29, 1.82) is 0 Å². The smallest absolute Gasteiger partial charge is 0.140 e. The Kier molecular flexibility index (Phi) is 4.51. The number of allylic oxidation sites excluding steroid dienone is 1. The van der Waals surface area contributed by atoms with E-state index in [0.717, 1.165) is 6.42 Å². The van der Waals surface area contributed by atoms with Gasteiger partial charge in [0.25, 0.3) is 0 Å². The number of rotatable bonds is 4. The average Bonchev–Trinajstić information content (AvgIpc) is 1.89. The lowest BCUT2D eigenvalue weighted by molar-refractivity contribution is -0.121. The van der Waals surface area contributed by atoms with Crippen molar-refractivity contribution in [2.75, 3.05) is 0 Å². The maximum atomic E-state index is 10.9. The zero-order valence-corrected chi connectivity index (χ0v) is 6.39. The van der Waals surface area contributed by atoms with Gasteiger partial charge in [-0.2, -0.15) is 0 Å². The predicted molar refractivity (Wildman–Crippen MR) is 39.3 cm³/mol. The Hall–Kier alpha value is -0.880. The van der Waals surface area contributed by atoms with E-state index in [1.54, 1.807) is 12.9 Å². The first kappa shape index (κ1) is 9.12. The van der Waals surface area contributed by atoms with Crippen LogP contribution in [-0.4, -0.2) is 11.7 Å². The first-order valence-electron chi connectivity index (χ1n) is 3.46. The topological polar surface area (TPSA) is 34.1 Å². The summed E-state index contributed by atoms with van der Waals surface area (Å²) < 4.78 is 0. The molecule has 10 heavy (non-hydrogen) atoms. The number of hydrogen-bond donors (Lipinski definition) is 0. The van der Waals surface area contributed by atoms with Gasteiger partial charge in [-0.1, -0.05) is 13.8 Å². The third-order valence-electron chi connectivity index (χ3n) is 1.32. The summed E-state index contributed by atoms with van der Waals surface area (Å²) in [7, 11) is 0. The molecule has 0 N–H and O–H groups in total. The normalized spacial score (nSPS) is 11.8. The molecule has 2 nitrogen and oxygen atoms in total. The molecule has 0 amide bonds. The summed E-state index contributed by atoms with van der Waals surface area (Å²) in [5.74, 6) is 1.48. The summed E-state index contributed by atoms with van der Waals surface area (Å²) in [4.78, 5) is 20.7. The van der Waals surface area contributed by atoms with E-state index in [9.17, 15) is 9.59 Å². The molecule has 0 aromatic rings. The van der Waals surface area contributed by atoms with Gasteiger partial charge >= 0.3 is 0 Å². The fraction of sp³-hybridized carbons (Fsp3) is 0.625. The molecule has 0 aromatic carbocycles. The van der Waals surface area contributed by atoms with Crippen LogP contribution in [0.4, 0.5) is 0 Å². The molecule has 0 aliphatic carbocycles. The predicted octanol–water partition coefficient (Wildman–Crippen LogP) is 1.38. The van der Waals surface area contributed by atoms with Gasteiger partial charge in [0.2, 0.25) is 0 Å². The SMILES string of the molecule is CCCC(=O)C(C)C=C=O. The van der Waals surface area contributed by atoms with Gasteiger partial charge in [-0.25, -0.2) is 4.79 Å². The van der Waals surface area contributed by atoms with Crippen LogP contribution in [0, 0.1) is 5.92 Å². The number of Topliss-reactive ketones (excluding diaryl/α,β-unsaturated/α-hetero) is 1. The number of ketones is 1. The zero-order valence-electron chi connectivity index (χ0n) is 6.39. The van der Waals surface area contributed by atoms with Gasteiger partial charge in [0.1, 0.15) is 11.7 Å². The average molecular weight is 140 g/mol. The minimum atomic E-state index is -0.252. The quantitative estimate of drug-likeness (QED) is 0.553. The molecule has 0 bridgehead atoms. The fourth-order valence-electron chi connectivity index (χ4n) is 0.669. The van der Waals surface area contributed by atoms with Gasteiger partial charge in [0, 0.05) is 18.4 Å². The van der Waals surface area contributed by atoms with Crippen LogP contribution in [0.5, 0.6) is 0 Å². The van der Waals surface area contributed by atoms with E-state index in [1.165, 1.54) is 6.08 Å². The molecule has 0 aliphatic rings. The standard InChI is InChI=1S/C8H12O2/c1-3-4-8(10)7(2)5-6-9/h5,7H,3-4H2,1-2H3. The van der Waals surface area contributed by atoms with E-state index >= 15 is 0 Å². The van der Waals surface area contributed by atoms with Crippen molar-refractivity contribution in [2.24, 2.45) is 5.92 Å². The van der Waals surface area contributed by atoms with Gasteiger partial charge in [0.15, 0.2) is 0 Å². The van der Waals surface area contributed by atoms with Crippen LogP contribution in [0.15, 0.2) is 6.08 Å². The Bertz CT molecular complexity index is 155. The molecule has 0 fully saturated rings. The van der Waals surface area contributed by atoms with Crippen molar-refractivity contribution in [2.45, 2.75) is 26.7 Å². The van der Waals surface area contributed by atoms with Crippen molar-refractivity contribution >= 4 is 11.7 Å². The number of hydrogen-bond acceptors (Lipinski definition) is 2. The largest absolute Gasteiger partial charge is 0.299 e. The maximum Gasteiger partial charge on any atom is 0.140 e. The van der Waals surface area contributed by atoms with E-state index in [-0.39, 0.29) is 11.7 Å². The lowest BCUT2D eigenvalue weighted by Gasteiger charge is -1.99. The van der Waals surface area contributed by atoms with Crippen molar-refractivity contribution in [1.82, 2.24) is 0 Å². The highest BCUT2D eigenvalue weighted by Gasteiger charge is 2.07. The van der Waals surface area contributed by atoms with Crippen LogP contribution in [0.1, 0.15) is 26.7 Å². The van der Waals surface area contributed by atoms with E-state index in [2.05, 4.69) is 0 Å². The molecule has 0 rings (SSSR count). The van der Waals surface area contributed by atoms with Gasteiger partial charge in [-0.15, -0.1) is 0 Å². The molecule has 0 aliphatic heterocycles. The summed E-state index contributed by atoms with van der Waals surface area (Å²) in [6, 6.07) is 0. The van der Waals surface area contributed by atoms with Gasteiger partial charge in [0.05, 0.1) is 0 Å². The molecular weight excluding hydrogens is 128 g/mol. The molecule has 0 saturated heterocycles. The second-order valence-electron chi connectivity index (χ2n) is 2.29. The Labute approximate surface area is 60.9 Å². The lowest BCUT2D eigenvalue weighted by atomic mass is 10.0. The van der Waals surface area contributed by atoms with E-state index in [0.29, 0.717) is 6.42 Å². The minimum absolute atomic E-state index is 0.117. The van der Waals surface area contributed by atoms with Crippen molar-refractivity contribution in [3.63, 3.8) is 0 Å². The van der Waals surface area contributed by atoms with Crippen molar-refractivity contribution in [3.05, 3.63) is 6.08 Å². The highest BCUT2D eigenvalue weighted by Crippen LogP contribution is 2.02. The van der Waals surface area contributed by atoms with Crippen molar-refractivity contribution < 1.29 is 9.59 Å². The second-order valence-corrected chi connectivity index (χ2v) is 2.29.